The van der Waals surface area contributed by atoms with Crippen LogP contribution in [-0.4, -0.2) is 61.4 Å². The highest BCUT2D eigenvalue weighted by Gasteiger charge is 2.21. The molecule has 0 saturated heterocycles. The number of carbonyl (C=O) groups excluding carboxylic acids is 4. The predicted octanol–water partition coefficient (Wildman–Crippen LogP) is -0.960. The molecule has 0 heterocycles. The minimum atomic E-state index is -0.761. The van der Waals surface area contributed by atoms with Crippen LogP contribution in [0.3, 0.4) is 0 Å². The minimum Gasteiger partial charge on any atom is -0.465 e. The van der Waals surface area contributed by atoms with Gasteiger partial charge in [-0.1, -0.05) is 0 Å². The molecular weight excluding hydrogens is 310 g/mol. The van der Waals surface area contributed by atoms with Crippen molar-refractivity contribution < 1.29 is 23.9 Å². The number of hydrogen-bond donors (Lipinski definition) is 3. The Bertz CT molecular complexity index is 403. The van der Waals surface area contributed by atoms with Gasteiger partial charge < -0.3 is 20.7 Å². The first-order valence-corrected chi connectivity index (χ1v) is 8.26. The van der Waals surface area contributed by atoms with Gasteiger partial charge in [-0.2, -0.15) is 11.8 Å². The van der Waals surface area contributed by atoms with Gasteiger partial charge in [0.1, 0.15) is 12.6 Å². The average Bonchev–Trinajstić information content (AvgIpc) is 2.47. The lowest BCUT2D eigenvalue weighted by Gasteiger charge is -2.18. The maximum atomic E-state index is 12.0. The summed E-state index contributed by atoms with van der Waals surface area (Å²) in [5, 5.41) is 7.30. The summed E-state index contributed by atoms with van der Waals surface area (Å²) in [4.78, 5) is 45.6. The van der Waals surface area contributed by atoms with E-state index in [-0.39, 0.29) is 25.6 Å². The normalized spacial score (nSPS) is 11.2. The molecule has 3 amide bonds. The summed E-state index contributed by atoms with van der Waals surface area (Å²) in [5.41, 5.74) is 0. The molecular formula is C13H23N3O5S. The summed E-state index contributed by atoms with van der Waals surface area (Å²) >= 11 is 1.53. The summed E-state index contributed by atoms with van der Waals surface area (Å²) in [5.74, 6) is -1.13. The van der Waals surface area contributed by atoms with E-state index in [1.165, 1.54) is 18.7 Å². The van der Waals surface area contributed by atoms with E-state index in [9.17, 15) is 19.2 Å². The lowest BCUT2D eigenvalue weighted by Crippen LogP contribution is -2.50. The van der Waals surface area contributed by atoms with Gasteiger partial charge in [-0.15, -0.1) is 0 Å². The number of thioether (sulfide) groups is 1. The molecule has 0 unspecified atom stereocenters. The van der Waals surface area contributed by atoms with Crippen molar-refractivity contribution in [1.82, 2.24) is 16.0 Å². The Morgan fingerprint density at radius 2 is 1.82 bits per heavy atom. The Kier molecular flexibility index (Phi) is 10.9. The molecule has 0 spiro atoms. The number of rotatable bonds is 10. The van der Waals surface area contributed by atoms with E-state index in [2.05, 4.69) is 16.0 Å². The largest absolute Gasteiger partial charge is 0.465 e. The van der Waals surface area contributed by atoms with Crippen molar-refractivity contribution in [3.8, 4) is 0 Å². The van der Waals surface area contributed by atoms with Crippen LogP contribution in [0, 0.1) is 0 Å². The van der Waals surface area contributed by atoms with E-state index in [0.29, 0.717) is 12.2 Å². The van der Waals surface area contributed by atoms with Gasteiger partial charge in [0, 0.05) is 6.92 Å². The number of amides is 3. The van der Waals surface area contributed by atoms with Crippen LogP contribution in [0.15, 0.2) is 0 Å². The molecule has 0 aromatic rings. The zero-order valence-electron chi connectivity index (χ0n) is 13.1. The third-order valence-corrected chi connectivity index (χ3v) is 3.12. The van der Waals surface area contributed by atoms with Crippen molar-refractivity contribution in [2.75, 3.05) is 31.7 Å². The molecule has 22 heavy (non-hydrogen) atoms. The lowest BCUT2D eigenvalue weighted by atomic mass is 10.2. The second kappa shape index (κ2) is 11.8. The first-order chi connectivity index (χ1) is 10.4. The maximum Gasteiger partial charge on any atom is 0.325 e. The van der Waals surface area contributed by atoms with Gasteiger partial charge in [0.2, 0.25) is 17.7 Å². The fraction of sp³-hybridized carbons (Fsp3) is 0.692. The second-order valence-corrected chi connectivity index (χ2v) is 5.32. The Balaban J connectivity index is 4.41. The highest BCUT2D eigenvalue weighted by atomic mass is 32.2. The molecule has 0 fully saturated rings. The van der Waals surface area contributed by atoms with Gasteiger partial charge >= 0.3 is 5.97 Å². The van der Waals surface area contributed by atoms with E-state index in [1.807, 2.05) is 6.26 Å². The van der Waals surface area contributed by atoms with Crippen molar-refractivity contribution in [3.05, 3.63) is 0 Å². The molecule has 0 aromatic carbocycles. The van der Waals surface area contributed by atoms with Crippen molar-refractivity contribution in [2.24, 2.45) is 0 Å². The molecule has 8 nitrogen and oxygen atoms in total. The predicted molar refractivity (Wildman–Crippen MR) is 83.3 cm³/mol. The van der Waals surface area contributed by atoms with Crippen LogP contribution < -0.4 is 16.0 Å². The lowest BCUT2D eigenvalue weighted by molar-refractivity contribution is -0.143. The van der Waals surface area contributed by atoms with E-state index in [4.69, 9.17) is 4.74 Å². The quantitative estimate of drug-likeness (QED) is 0.444. The van der Waals surface area contributed by atoms with Crippen LogP contribution in [-0.2, 0) is 23.9 Å². The van der Waals surface area contributed by atoms with Gasteiger partial charge in [-0.05, 0) is 25.4 Å². The smallest absolute Gasteiger partial charge is 0.325 e. The molecule has 0 bridgehead atoms. The number of carbonyl (C=O) groups is 4. The van der Waals surface area contributed by atoms with E-state index in [1.54, 1.807) is 6.92 Å². The van der Waals surface area contributed by atoms with Crippen LogP contribution in [0.25, 0.3) is 0 Å². The van der Waals surface area contributed by atoms with Crippen LogP contribution in [0.2, 0.25) is 0 Å². The van der Waals surface area contributed by atoms with Gasteiger partial charge in [0.25, 0.3) is 0 Å². The molecule has 0 rings (SSSR count). The third kappa shape index (κ3) is 10.0. The zero-order valence-corrected chi connectivity index (χ0v) is 13.9. The van der Waals surface area contributed by atoms with E-state index >= 15 is 0 Å². The van der Waals surface area contributed by atoms with Crippen molar-refractivity contribution in [2.45, 2.75) is 26.3 Å². The standard InChI is InChI=1S/C13H23N3O5S/c1-4-21-12(19)8-15-13(20)10(5-6-22-3)16-11(18)7-14-9(2)17/h10H,4-8H2,1-3H3,(H,14,17)(H,15,20)(H,16,18)/t10-/m1/s1. The van der Waals surface area contributed by atoms with Crippen molar-refractivity contribution in [1.29, 1.82) is 0 Å². The second-order valence-electron chi connectivity index (χ2n) is 4.33. The Labute approximate surface area is 134 Å². The molecule has 0 aliphatic heterocycles. The van der Waals surface area contributed by atoms with Crippen LogP contribution in [0.5, 0.6) is 0 Å². The topological polar surface area (TPSA) is 114 Å². The molecule has 3 N–H and O–H groups in total. The van der Waals surface area contributed by atoms with Gasteiger partial charge in [0.05, 0.1) is 13.2 Å². The fourth-order valence-corrected chi connectivity index (χ4v) is 1.92. The number of hydrogen-bond acceptors (Lipinski definition) is 6. The third-order valence-electron chi connectivity index (χ3n) is 2.47. The van der Waals surface area contributed by atoms with Crippen molar-refractivity contribution >= 4 is 35.5 Å². The molecule has 0 radical (unpaired) electrons. The van der Waals surface area contributed by atoms with Crippen LogP contribution in [0.1, 0.15) is 20.3 Å². The molecule has 9 heteroatoms. The molecule has 0 aliphatic carbocycles. The number of esters is 1. The molecule has 0 aliphatic rings. The monoisotopic (exact) mass is 333 g/mol. The Morgan fingerprint density at radius 1 is 1.14 bits per heavy atom. The van der Waals surface area contributed by atoms with Crippen molar-refractivity contribution in [3.63, 3.8) is 0 Å². The SMILES string of the molecule is CCOC(=O)CNC(=O)[C@@H](CCSC)NC(=O)CNC(C)=O. The summed E-state index contributed by atoms with van der Waals surface area (Å²) in [7, 11) is 0. The average molecular weight is 333 g/mol. The molecule has 126 valence electrons. The number of ether oxygens (including phenoxy) is 1. The molecule has 1 atom stereocenters. The first kappa shape index (κ1) is 20.2. The molecule has 0 saturated carbocycles. The van der Waals surface area contributed by atoms with Gasteiger partial charge in [0.15, 0.2) is 0 Å². The fourth-order valence-electron chi connectivity index (χ4n) is 1.45. The zero-order chi connectivity index (χ0) is 17.0. The highest BCUT2D eigenvalue weighted by molar-refractivity contribution is 7.98. The Morgan fingerprint density at radius 3 is 2.36 bits per heavy atom. The number of nitrogens with one attached hydrogen (secondary N) is 3. The maximum absolute atomic E-state index is 12.0. The summed E-state index contributed by atoms with van der Waals surface area (Å²) in [6.45, 7) is 2.76. The molecule has 0 aromatic heterocycles. The van der Waals surface area contributed by atoms with Gasteiger partial charge in [-0.25, -0.2) is 0 Å². The van der Waals surface area contributed by atoms with E-state index in [0.717, 1.165) is 0 Å². The minimum absolute atomic E-state index is 0.198. The Hall–Kier alpha value is -1.77. The summed E-state index contributed by atoms with van der Waals surface area (Å²) < 4.78 is 4.71. The van der Waals surface area contributed by atoms with Crippen LogP contribution in [0.4, 0.5) is 0 Å². The first-order valence-electron chi connectivity index (χ1n) is 6.86. The van der Waals surface area contributed by atoms with Gasteiger partial charge in [-0.3, -0.25) is 19.2 Å². The van der Waals surface area contributed by atoms with E-state index < -0.39 is 23.8 Å². The summed E-state index contributed by atoms with van der Waals surface area (Å²) in [6.07, 6.45) is 2.30. The summed E-state index contributed by atoms with van der Waals surface area (Å²) in [6, 6.07) is -0.761. The highest BCUT2D eigenvalue weighted by Crippen LogP contribution is 2.01. The van der Waals surface area contributed by atoms with Crippen LogP contribution >= 0.6 is 11.8 Å².